The third-order valence-corrected chi connectivity index (χ3v) is 3.81. The van der Waals surface area contributed by atoms with Gasteiger partial charge >= 0.3 is 0 Å². The summed E-state index contributed by atoms with van der Waals surface area (Å²) in [7, 11) is 4.96. The molecule has 27 heavy (non-hydrogen) atoms. The van der Waals surface area contributed by atoms with Gasteiger partial charge in [-0.05, 0) is 35.7 Å². The first kappa shape index (κ1) is 22.7. The minimum Gasteiger partial charge on any atom is -0.481 e. The first-order chi connectivity index (χ1) is 12.7. The van der Waals surface area contributed by atoms with E-state index in [1.165, 1.54) is 0 Å². The molecular weight excluding hydrogens is 457 g/mol. The third-order valence-electron chi connectivity index (χ3n) is 3.81. The van der Waals surface area contributed by atoms with Crippen molar-refractivity contribution in [2.45, 2.75) is 13.0 Å². The van der Waals surface area contributed by atoms with Crippen LogP contribution in [-0.4, -0.2) is 44.6 Å². The Hall–Kier alpha value is -2.36. The van der Waals surface area contributed by atoms with E-state index < -0.39 is 0 Å². The second-order valence-corrected chi connectivity index (χ2v) is 5.59. The third kappa shape index (κ3) is 7.41. The van der Waals surface area contributed by atoms with Crippen LogP contribution in [0.2, 0.25) is 0 Å². The maximum absolute atomic E-state index is 11.7. The van der Waals surface area contributed by atoms with Crippen molar-refractivity contribution in [2.75, 3.05) is 27.7 Å². The number of rotatable bonds is 7. The summed E-state index contributed by atoms with van der Waals surface area (Å²) in [6.45, 7) is 1.32. The van der Waals surface area contributed by atoms with Crippen molar-refractivity contribution in [3.05, 3.63) is 59.3 Å². The Balaban J connectivity index is 0.00000364. The molecule has 1 aromatic heterocycles. The molecule has 2 aromatic rings. The van der Waals surface area contributed by atoms with Gasteiger partial charge in [0.05, 0.1) is 7.11 Å². The topological polar surface area (TPSA) is 87.6 Å². The number of nitrogens with one attached hydrogen (secondary N) is 3. The van der Waals surface area contributed by atoms with Crippen LogP contribution in [-0.2, 0) is 13.0 Å². The highest BCUT2D eigenvalue weighted by Crippen LogP contribution is 2.08. The number of amides is 1. The number of methoxy groups -OCH3 is 1. The molecule has 0 bridgehead atoms. The molecule has 8 heteroatoms. The standard InChI is InChI=1S/C19H25N5O2.HI/c1-20-18(25)16-6-4-5-14(11-16)7-10-23-19(21-2)24-13-15-8-9-22-17(12-15)26-3;/h4-6,8-9,11-12H,7,10,13H2,1-3H3,(H,20,25)(H2,21,23,24);1H. The van der Waals surface area contributed by atoms with E-state index in [0.29, 0.717) is 30.5 Å². The van der Waals surface area contributed by atoms with E-state index >= 15 is 0 Å². The van der Waals surface area contributed by atoms with E-state index in [2.05, 4.69) is 25.9 Å². The van der Waals surface area contributed by atoms with Gasteiger partial charge in [-0.3, -0.25) is 9.79 Å². The van der Waals surface area contributed by atoms with Gasteiger partial charge in [0.25, 0.3) is 5.91 Å². The number of benzene rings is 1. The summed E-state index contributed by atoms with van der Waals surface area (Å²) in [5.41, 5.74) is 2.81. The largest absolute Gasteiger partial charge is 0.481 e. The Bertz CT molecular complexity index is 767. The molecule has 0 atom stereocenters. The SMILES string of the molecule is CN=C(NCCc1cccc(C(=O)NC)c1)NCc1ccnc(OC)c1.I. The van der Waals surface area contributed by atoms with E-state index in [1.807, 2.05) is 30.3 Å². The molecular formula is C19H26IN5O2. The zero-order valence-corrected chi connectivity index (χ0v) is 18.1. The lowest BCUT2D eigenvalue weighted by molar-refractivity contribution is 0.0963. The molecule has 1 amide bonds. The van der Waals surface area contributed by atoms with Crippen molar-refractivity contribution in [3.8, 4) is 5.88 Å². The van der Waals surface area contributed by atoms with E-state index in [1.54, 1.807) is 33.5 Å². The van der Waals surface area contributed by atoms with Gasteiger partial charge in [0.15, 0.2) is 5.96 Å². The van der Waals surface area contributed by atoms with Gasteiger partial charge in [-0.1, -0.05) is 12.1 Å². The van der Waals surface area contributed by atoms with E-state index in [-0.39, 0.29) is 29.9 Å². The lowest BCUT2D eigenvalue weighted by Crippen LogP contribution is -2.37. The molecule has 0 spiro atoms. The first-order valence-corrected chi connectivity index (χ1v) is 8.40. The maximum Gasteiger partial charge on any atom is 0.251 e. The quantitative estimate of drug-likeness (QED) is 0.319. The molecule has 1 heterocycles. The van der Waals surface area contributed by atoms with Gasteiger partial charge in [-0.25, -0.2) is 4.98 Å². The predicted molar refractivity (Wildman–Crippen MR) is 118 cm³/mol. The number of hydrogen-bond donors (Lipinski definition) is 3. The number of carbonyl (C=O) groups is 1. The van der Waals surface area contributed by atoms with Crippen molar-refractivity contribution in [3.63, 3.8) is 0 Å². The van der Waals surface area contributed by atoms with Crippen LogP contribution in [0.1, 0.15) is 21.5 Å². The highest BCUT2D eigenvalue weighted by Gasteiger charge is 2.04. The molecule has 7 nitrogen and oxygen atoms in total. The summed E-state index contributed by atoms with van der Waals surface area (Å²) in [5, 5.41) is 9.16. The van der Waals surface area contributed by atoms with Gasteiger partial charge in [-0.15, -0.1) is 24.0 Å². The number of guanidine groups is 1. The number of nitrogens with zero attached hydrogens (tertiary/aromatic N) is 2. The van der Waals surface area contributed by atoms with Crippen LogP contribution in [0.3, 0.4) is 0 Å². The Morgan fingerprint density at radius 2 is 2.00 bits per heavy atom. The zero-order chi connectivity index (χ0) is 18.8. The zero-order valence-electron chi connectivity index (χ0n) is 15.8. The molecule has 3 N–H and O–H groups in total. The van der Waals surface area contributed by atoms with Gasteiger partial charge in [0, 0.05) is 45.0 Å². The van der Waals surface area contributed by atoms with Crippen LogP contribution in [0.4, 0.5) is 0 Å². The van der Waals surface area contributed by atoms with Crippen molar-refractivity contribution in [1.82, 2.24) is 20.9 Å². The summed E-state index contributed by atoms with van der Waals surface area (Å²) in [6.07, 6.45) is 2.50. The lowest BCUT2D eigenvalue weighted by atomic mass is 10.1. The van der Waals surface area contributed by atoms with Crippen LogP contribution in [0.15, 0.2) is 47.6 Å². The van der Waals surface area contributed by atoms with Crippen LogP contribution >= 0.6 is 24.0 Å². The van der Waals surface area contributed by atoms with Crippen LogP contribution in [0, 0.1) is 0 Å². The fraction of sp³-hybridized carbons (Fsp3) is 0.316. The van der Waals surface area contributed by atoms with Crippen LogP contribution < -0.4 is 20.7 Å². The predicted octanol–water partition coefficient (Wildman–Crippen LogP) is 1.98. The Morgan fingerprint density at radius 1 is 1.19 bits per heavy atom. The fourth-order valence-electron chi connectivity index (χ4n) is 2.42. The number of aromatic nitrogens is 1. The minimum absolute atomic E-state index is 0. The van der Waals surface area contributed by atoms with Crippen molar-refractivity contribution >= 4 is 35.8 Å². The molecule has 0 radical (unpaired) electrons. The summed E-state index contributed by atoms with van der Waals surface area (Å²) < 4.78 is 5.12. The molecule has 0 aliphatic heterocycles. The highest BCUT2D eigenvalue weighted by molar-refractivity contribution is 14.0. The van der Waals surface area contributed by atoms with E-state index in [9.17, 15) is 4.79 Å². The van der Waals surface area contributed by atoms with Crippen molar-refractivity contribution < 1.29 is 9.53 Å². The second kappa shape index (κ2) is 12.1. The fourth-order valence-corrected chi connectivity index (χ4v) is 2.42. The van der Waals surface area contributed by atoms with Crippen LogP contribution in [0.5, 0.6) is 5.88 Å². The Morgan fingerprint density at radius 3 is 2.70 bits per heavy atom. The normalized spacial score (nSPS) is 10.6. The number of aliphatic imine (C=N–C) groups is 1. The molecule has 2 rings (SSSR count). The Kier molecular flexibility index (Phi) is 10.2. The molecule has 0 unspecified atom stereocenters. The molecule has 1 aromatic carbocycles. The molecule has 0 saturated carbocycles. The van der Waals surface area contributed by atoms with Crippen molar-refractivity contribution in [1.29, 1.82) is 0 Å². The van der Waals surface area contributed by atoms with Gasteiger partial charge in [0.1, 0.15) is 0 Å². The number of ether oxygens (including phenoxy) is 1. The summed E-state index contributed by atoms with van der Waals surface area (Å²) in [6, 6.07) is 11.4. The van der Waals surface area contributed by atoms with Gasteiger partial charge < -0.3 is 20.7 Å². The van der Waals surface area contributed by atoms with Gasteiger partial charge in [0.2, 0.25) is 5.88 Å². The maximum atomic E-state index is 11.7. The molecule has 0 saturated heterocycles. The minimum atomic E-state index is -0.0786. The number of halogens is 1. The summed E-state index contributed by atoms with van der Waals surface area (Å²) >= 11 is 0. The number of pyridine rings is 1. The summed E-state index contributed by atoms with van der Waals surface area (Å²) in [5.74, 6) is 1.22. The average molecular weight is 483 g/mol. The highest BCUT2D eigenvalue weighted by atomic mass is 127. The first-order valence-electron chi connectivity index (χ1n) is 8.40. The monoisotopic (exact) mass is 483 g/mol. The van der Waals surface area contributed by atoms with E-state index in [4.69, 9.17) is 4.74 Å². The van der Waals surface area contributed by atoms with Crippen molar-refractivity contribution in [2.24, 2.45) is 4.99 Å². The molecule has 0 aliphatic rings. The van der Waals surface area contributed by atoms with Crippen LogP contribution in [0.25, 0.3) is 0 Å². The molecule has 146 valence electrons. The molecule has 0 aliphatic carbocycles. The van der Waals surface area contributed by atoms with E-state index in [0.717, 1.165) is 17.5 Å². The molecule has 0 fully saturated rings. The number of hydrogen-bond acceptors (Lipinski definition) is 4. The second-order valence-electron chi connectivity index (χ2n) is 5.59. The van der Waals surface area contributed by atoms with Gasteiger partial charge in [-0.2, -0.15) is 0 Å². The Labute approximate surface area is 177 Å². The smallest absolute Gasteiger partial charge is 0.251 e. The number of carbonyl (C=O) groups excluding carboxylic acids is 1. The lowest BCUT2D eigenvalue weighted by Gasteiger charge is -2.12. The summed E-state index contributed by atoms with van der Waals surface area (Å²) in [4.78, 5) is 20.0. The average Bonchev–Trinajstić information content (AvgIpc) is 2.70.